The van der Waals surface area contributed by atoms with E-state index >= 15 is 0 Å². The minimum absolute atomic E-state index is 0.562. The summed E-state index contributed by atoms with van der Waals surface area (Å²) >= 11 is 0. The Morgan fingerprint density at radius 2 is 2.33 bits per heavy atom. The monoisotopic (exact) mass is 251 g/mol. The first-order valence-electron chi connectivity index (χ1n) is 7.04. The van der Waals surface area contributed by atoms with E-state index in [0.717, 1.165) is 25.5 Å². The van der Waals surface area contributed by atoms with Crippen molar-refractivity contribution in [3.05, 3.63) is 12.2 Å². The highest BCUT2D eigenvalue weighted by Crippen LogP contribution is 2.18. The van der Waals surface area contributed by atoms with E-state index in [-0.39, 0.29) is 0 Å². The van der Waals surface area contributed by atoms with Crippen molar-refractivity contribution in [2.24, 2.45) is 0 Å². The van der Waals surface area contributed by atoms with E-state index in [9.17, 15) is 0 Å². The number of hydrogen-bond acceptors (Lipinski definition) is 4. The van der Waals surface area contributed by atoms with Crippen LogP contribution in [0.4, 0.5) is 0 Å². The van der Waals surface area contributed by atoms with Gasteiger partial charge in [-0.3, -0.25) is 4.90 Å². The number of nitrogens with one attached hydrogen (secondary N) is 1. The normalized spacial score (nSPS) is 21.0. The van der Waals surface area contributed by atoms with E-state index in [2.05, 4.69) is 41.1 Å². The first-order valence-corrected chi connectivity index (χ1v) is 7.04. The molecule has 0 aromatic carbocycles. The molecule has 5 nitrogen and oxygen atoms in total. The summed E-state index contributed by atoms with van der Waals surface area (Å²) in [7, 11) is 0. The molecule has 102 valence electrons. The lowest BCUT2D eigenvalue weighted by atomic mass is 10.2. The molecule has 1 aromatic heterocycles. The molecular formula is C13H25N5. The average molecular weight is 251 g/mol. The number of nitrogens with zero attached hydrogens (tertiary/aromatic N) is 4. The molecule has 1 aliphatic rings. The number of aromatic nitrogens is 3. The molecular weight excluding hydrogens is 226 g/mol. The molecule has 1 saturated heterocycles. The van der Waals surface area contributed by atoms with Crippen LogP contribution in [0.3, 0.4) is 0 Å². The van der Waals surface area contributed by atoms with Gasteiger partial charge in [-0.05, 0) is 26.3 Å². The van der Waals surface area contributed by atoms with Crippen molar-refractivity contribution in [1.82, 2.24) is 25.0 Å². The Balaban J connectivity index is 1.91. The third-order valence-electron chi connectivity index (χ3n) is 3.60. The number of hydrogen-bond donors (Lipinski definition) is 1. The highest BCUT2D eigenvalue weighted by atomic mass is 15.4. The molecule has 1 aliphatic heterocycles. The lowest BCUT2D eigenvalue weighted by Gasteiger charge is -2.25. The third-order valence-corrected chi connectivity index (χ3v) is 3.60. The quantitative estimate of drug-likeness (QED) is 0.827. The zero-order valence-corrected chi connectivity index (χ0v) is 11.8. The van der Waals surface area contributed by atoms with Crippen LogP contribution in [0, 0.1) is 0 Å². The fraction of sp³-hybridized carbons (Fsp3) is 0.846. The van der Waals surface area contributed by atoms with Crippen molar-refractivity contribution in [2.45, 2.75) is 58.8 Å². The zero-order chi connectivity index (χ0) is 13.0. The largest absolute Gasteiger partial charge is 0.313 e. The van der Waals surface area contributed by atoms with Crippen LogP contribution >= 0.6 is 0 Å². The molecule has 1 aromatic rings. The molecule has 1 fully saturated rings. The summed E-state index contributed by atoms with van der Waals surface area (Å²) in [5.74, 6) is 1.09. The Kier molecular flexibility index (Phi) is 4.72. The van der Waals surface area contributed by atoms with Crippen molar-refractivity contribution in [1.29, 1.82) is 0 Å². The van der Waals surface area contributed by atoms with Crippen LogP contribution in [-0.4, -0.2) is 44.8 Å². The summed E-state index contributed by atoms with van der Waals surface area (Å²) in [4.78, 5) is 6.90. The zero-order valence-electron chi connectivity index (χ0n) is 11.8. The molecule has 1 unspecified atom stereocenters. The maximum Gasteiger partial charge on any atom is 0.141 e. The number of likely N-dealkylation sites (tertiary alicyclic amines) is 1. The Morgan fingerprint density at radius 3 is 3.06 bits per heavy atom. The van der Waals surface area contributed by atoms with E-state index in [1.807, 2.05) is 4.68 Å². The summed E-state index contributed by atoms with van der Waals surface area (Å²) < 4.78 is 1.99. The van der Waals surface area contributed by atoms with Crippen LogP contribution in [-0.2, 0) is 13.1 Å². The summed E-state index contributed by atoms with van der Waals surface area (Å²) in [5.41, 5.74) is 0. The van der Waals surface area contributed by atoms with Gasteiger partial charge in [0.2, 0.25) is 0 Å². The maximum atomic E-state index is 4.37. The SMILES string of the molecule is CCn1ncnc1CN1CCCC1CNC(C)C. The fourth-order valence-corrected chi connectivity index (χ4v) is 2.56. The van der Waals surface area contributed by atoms with Crippen molar-refractivity contribution in [3.8, 4) is 0 Å². The average Bonchev–Trinajstić information content (AvgIpc) is 2.96. The van der Waals surface area contributed by atoms with E-state index in [1.54, 1.807) is 6.33 Å². The van der Waals surface area contributed by atoms with Gasteiger partial charge in [0.1, 0.15) is 12.2 Å². The van der Waals surface area contributed by atoms with Crippen molar-refractivity contribution >= 4 is 0 Å². The smallest absolute Gasteiger partial charge is 0.141 e. The first-order chi connectivity index (χ1) is 8.70. The van der Waals surface area contributed by atoms with Gasteiger partial charge in [0.25, 0.3) is 0 Å². The summed E-state index contributed by atoms with van der Waals surface area (Å²) in [5, 5.41) is 7.78. The topological polar surface area (TPSA) is 46.0 Å². The van der Waals surface area contributed by atoms with Gasteiger partial charge in [0, 0.05) is 25.2 Å². The Morgan fingerprint density at radius 1 is 1.50 bits per heavy atom. The molecule has 0 amide bonds. The van der Waals surface area contributed by atoms with Crippen LogP contribution in [0.1, 0.15) is 39.4 Å². The van der Waals surface area contributed by atoms with Gasteiger partial charge < -0.3 is 5.32 Å². The van der Waals surface area contributed by atoms with Crippen LogP contribution in [0.2, 0.25) is 0 Å². The number of rotatable bonds is 6. The molecule has 18 heavy (non-hydrogen) atoms. The van der Waals surface area contributed by atoms with Crippen LogP contribution in [0.15, 0.2) is 6.33 Å². The molecule has 0 radical (unpaired) electrons. The lowest BCUT2D eigenvalue weighted by molar-refractivity contribution is 0.226. The highest BCUT2D eigenvalue weighted by molar-refractivity contribution is 4.89. The second-order valence-corrected chi connectivity index (χ2v) is 5.32. The Labute approximate surface area is 110 Å². The van der Waals surface area contributed by atoms with Crippen molar-refractivity contribution in [2.75, 3.05) is 13.1 Å². The van der Waals surface area contributed by atoms with Gasteiger partial charge in [0.15, 0.2) is 0 Å². The van der Waals surface area contributed by atoms with Crippen molar-refractivity contribution < 1.29 is 0 Å². The molecule has 1 atom stereocenters. The van der Waals surface area contributed by atoms with E-state index in [1.165, 1.54) is 19.4 Å². The molecule has 0 aliphatic carbocycles. The van der Waals surface area contributed by atoms with Crippen LogP contribution in [0.5, 0.6) is 0 Å². The van der Waals surface area contributed by atoms with E-state index < -0.39 is 0 Å². The highest BCUT2D eigenvalue weighted by Gasteiger charge is 2.25. The van der Waals surface area contributed by atoms with E-state index in [4.69, 9.17) is 0 Å². The molecule has 1 N–H and O–H groups in total. The van der Waals surface area contributed by atoms with Gasteiger partial charge in [-0.1, -0.05) is 13.8 Å². The second kappa shape index (κ2) is 6.29. The van der Waals surface area contributed by atoms with E-state index in [0.29, 0.717) is 12.1 Å². The third kappa shape index (κ3) is 3.29. The summed E-state index contributed by atoms with van der Waals surface area (Å²) in [6.45, 7) is 10.6. The van der Waals surface area contributed by atoms with Crippen LogP contribution in [0.25, 0.3) is 0 Å². The van der Waals surface area contributed by atoms with Gasteiger partial charge in [0.05, 0.1) is 6.54 Å². The molecule has 2 heterocycles. The van der Waals surface area contributed by atoms with Crippen molar-refractivity contribution in [3.63, 3.8) is 0 Å². The second-order valence-electron chi connectivity index (χ2n) is 5.32. The summed E-state index contributed by atoms with van der Waals surface area (Å²) in [6, 6.07) is 1.21. The maximum absolute atomic E-state index is 4.37. The first kappa shape index (κ1) is 13.5. The minimum Gasteiger partial charge on any atom is -0.313 e. The van der Waals surface area contributed by atoms with Crippen LogP contribution < -0.4 is 5.32 Å². The molecule has 0 spiro atoms. The van der Waals surface area contributed by atoms with Gasteiger partial charge in [-0.2, -0.15) is 5.10 Å². The van der Waals surface area contributed by atoms with Gasteiger partial charge >= 0.3 is 0 Å². The summed E-state index contributed by atoms with van der Waals surface area (Å²) in [6.07, 6.45) is 4.25. The standard InChI is InChI=1S/C13H25N5/c1-4-18-13(15-10-16-18)9-17-7-5-6-12(17)8-14-11(2)3/h10-12,14H,4-9H2,1-3H3. The number of aryl methyl sites for hydroxylation is 1. The Bertz CT molecular complexity index is 360. The Hall–Kier alpha value is -0.940. The molecule has 5 heteroatoms. The molecule has 0 saturated carbocycles. The van der Waals surface area contributed by atoms with Gasteiger partial charge in [-0.15, -0.1) is 0 Å². The van der Waals surface area contributed by atoms with Gasteiger partial charge in [-0.25, -0.2) is 9.67 Å². The molecule has 2 rings (SSSR count). The minimum atomic E-state index is 0.562. The fourth-order valence-electron chi connectivity index (χ4n) is 2.56. The molecule has 0 bridgehead atoms. The lowest BCUT2D eigenvalue weighted by Crippen LogP contribution is -2.40. The predicted octanol–water partition coefficient (Wildman–Crippen LogP) is 1.26. The predicted molar refractivity (Wildman–Crippen MR) is 72.3 cm³/mol.